The van der Waals surface area contributed by atoms with Crippen LogP contribution in [0.3, 0.4) is 0 Å². The highest BCUT2D eigenvalue weighted by Crippen LogP contribution is 2.17. The highest BCUT2D eigenvalue weighted by Gasteiger charge is 2.24. The summed E-state index contributed by atoms with van der Waals surface area (Å²) in [5.41, 5.74) is 0.599. The molecule has 1 aliphatic heterocycles. The van der Waals surface area contributed by atoms with Crippen LogP contribution in [0.1, 0.15) is 19.3 Å². The first-order valence-corrected chi connectivity index (χ1v) is 5.95. The normalized spacial score (nSPS) is 20.0. The van der Waals surface area contributed by atoms with E-state index in [4.69, 9.17) is 0 Å². The molecule has 1 unspecified atom stereocenters. The number of hydrogen-bond acceptors (Lipinski definition) is 2. The molecule has 4 heteroatoms. The maximum Gasteiger partial charge on any atom is 0.243 e. The molecule has 1 saturated heterocycles. The van der Waals surface area contributed by atoms with Crippen LogP contribution in [-0.4, -0.2) is 25.5 Å². The maximum atomic E-state index is 13.1. The first-order chi connectivity index (χ1) is 8.18. The van der Waals surface area contributed by atoms with Crippen LogP contribution >= 0.6 is 0 Å². The van der Waals surface area contributed by atoms with Crippen molar-refractivity contribution in [1.29, 1.82) is 0 Å². The molecule has 0 saturated carbocycles. The Labute approximate surface area is 101 Å². The van der Waals surface area contributed by atoms with E-state index in [1.54, 1.807) is 19.2 Å². The molecule has 0 radical (unpaired) electrons. The number of piperidine rings is 1. The third-order valence-electron chi connectivity index (χ3n) is 3.13. The van der Waals surface area contributed by atoms with Gasteiger partial charge in [-0.3, -0.25) is 4.79 Å². The number of benzene rings is 1. The van der Waals surface area contributed by atoms with Crippen LogP contribution in [0.15, 0.2) is 24.3 Å². The lowest BCUT2D eigenvalue weighted by molar-refractivity contribution is -0.120. The van der Waals surface area contributed by atoms with Gasteiger partial charge in [0, 0.05) is 12.7 Å². The summed E-state index contributed by atoms with van der Waals surface area (Å²) in [6.45, 7) is 0.882. The molecule has 1 fully saturated rings. The highest BCUT2D eigenvalue weighted by molar-refractivity contribution is 5.96. The zero-order valence-corrected chi connectivity index (χ0v) is 9.95. The summed E-state index contributed by atoms with van der Waals surface area (Å²) in [6, 6.07) is 5.98. The lowest BCUT2D eigenvalue weighted by atomic mass is 10.0. The Bertz CT molecular complexity index is 402. The van der Waals surface area contributed by atoms with Gasteiger partial charge < -0.3 is 10.2 Å². The summed E-state index contributed by atoms with van der Waals surface area (Å²) in [4.78, 5) is 13.7. The zero-order valence-electron chi connectivity index (χ0n) is 9.95. The van der Waals surface area contributed by atoms with Crippen molar-refractivity contribution in [1.82, 2.24) is 5.32 Å². The molecule has 0 bridgehead atoms. The third-order valence-corrected chi connectivity index (χ3v) is 3.13. The van der Waals surface area contributed by atoms with Gasteiger partial charge in [-0.05, 0) is 37.6 Å². The number of hydrogen-bond donors (Lipinski definition) is 1. The van der Waals surface area contributed by atoms with Gasteiger partial charge >= 0.3 is 0 Å². The molecular weight excluding hydrogens is 219 g/mol. The Morgan fingerprint density at radius 1 is 1.47 bits per heavy atom. The number of nitrogens with zero attached hydrogens (tertiary/aromatic N) is 1. The molecule has 3 nitrogen and oxygen atoms in total. The number of nitrogens with one attached hydrogen (secondary N) is 1. The number of halogens is 1. The van der Waals surface area contributed by atoms with Crippen LogP contribution in [0.5, 0.6) is 0 Å². The first-order valence-electron chi connectivity index (χ1n) is 5.95. The lowest BCUT2D eigenvalue weighted by Crippen LogP contribution is -2.47. The SMILES string of the molecule is CN(C(=O)C1CCCCN1)c1cccc(F)c1. The Hall–Kier alpha value is -1.42. The van der Waals surface area contributed by atoms with Crippen molar-refractivity contribution in [3.63, 3.8) is 0 Å². The van der Waals surface area contributed by atoms with E-state index in [9.17, 15) is 9.18 Å². The largest absolute Gasteiger partial charge is 0.314 e. The number of anilines is 1. The fraction of sp³-hybridized carbons (Fsp3) is 0.462. The molecule has 1 N–H and O–H groups in total. The molecule has 1 amide bonds. The second-order valence-corrected chi connectivity index (χ2v) is 4.38. The molecule has 0 spiro atoms. The summed E-state index contributed by atoms with van der Waals surface area (Å²) < 4.78 is 13.1. The molecule has 1 aliphatic rings. The Morgan fingerprint density at radius 3 is 2.94 bits per heavy atom. The second kappa shape index (κ2) is 5.27. The molecular formula is C13H17FN2O. The molecule has 1 aromatic rings. The first kappa shape index (κ1) is 12.0. The van der Waals surface area contributed by atoms with Gasteiger partial charge in [-0.2, -0.15) is 0 Å². The number of amides is 1. The standard InChI is InChI=1S/C13H17FN2O/c1-16(11-6-4-5-10(14)9-11)13(17)12-7-2-3-8-15-12/h4-6,9,12,15H,2-3,7-8H2,1H3. The number of carbonyl (C=O) groups excluding carboxylic acids is 1. The number of carbonyl (C=O) groups is 1. The molecule has 92 valence electrons. The minimum atomic E-state index is -0.321. The summed E-state index contributed by atoms with van der Waals surface area (Å²) in [6.07, 6.45) is 3.05. The number of rotatable bonds is 2. The summed E-state index contributed by atoms with van der Waals surface area (Å²) >= 11 is 0. The second-order valence-electron chi connectivity index (χ2n) is 4.38. The minimum Gasteiger partial charge on any atom is -0.314 e. The van der Waals surface area contributed by atoms with E-state index < -0.39 is 0 Å². The van der Waals surface area contributed by atoms with Crippen LogP contribution in [0.4, 0.5) is 10.1 Å². The minimum absolute atomic E-state index is 0.00954. The fourth-order valence-corrected chi connectivity index (χ4v) is 2.11. The van der Waals surface area contributed by atoms with Crippen molar-refractivity contribution < 1.29 is 9.18 Å². The quantitative estimate of drug-likeness (QED) is 0.851. The topological polar surface area (TPSA) is 32.3 Å². The van der Waals surface area contributed by atoms with Gasteiger partial charge in [0.15, 0.2) is 0 Å². The Kier molecular flexibility index (Phi) is 3.74. The van der Waals surface area contributed by atoms with E-state index >= 15 is 0 Å². The van der Waals surface area contributed by atoms with Gasteiger partial charge in [-0.25, -0.2) is 4.39 Å². The molecule has 0 aromatic heterocycles. The smallest absolute Gasteiger partial charge is 0.243 e. The van der Waals surface area contributed by atoms with Crippen LogP contribution in [0.25, 0.3) is 0 Å². The van der Waals surface area contributed by atoms with Crippen LogP contribution < -0.4 is 10.2 Å². The predicted molar refractivity (Wildman–Crippen MR) is 65.5 cm³/mol. The Morgan fingerprint density at radius 2 is 2.29 bits per heavy atom. The summed E-state index contributed by atoms with van der Waals surface area (Å²) in [5, 5.41) is 3.20. The van der Waals surface area contributed by atoms with Gasteiger partial charge in [-0.1, -0.05) is 12.5 Å². The highest BCUT2D eigenvalue weighted by atomic mass is 19.1. The van der Waals surface area contributed by atoms with Crippen LogP contribution in [0.2, 0.25) is 0 Å². The van der Waals surface area contributed by atoms with E-state index in [-0.39, 0.29) is 17.8 Å². The van der Waals surface area contributed by atoms with Gasteiger partial charge in [0.2, 0.25) is 5.91 Å². The van der Waals surface area contributed by atoms with Crippen molar-refractivity contribution in [3.8, 4) is 0 Å². The fourth-order valence-electron chi connectivity index (χ4n) is 2.11. The lowest BCUT2D eigenvalue weighted by Gasteiger charge is -2.27. The molecule has 1 atom stereocenters. The van der Waals surface area contributed by atoms with Gasteiger partial charge in [-0.15, -0.1) is 0 Å². The van der Waals surface area contributed by atoms with Crippen molar-refractivity contribution in [2.75, 3.05) is 18.5 Å². The van der Waals surface area contributed by atoms with E-state index in [1.807, 2.05) is 0 Å². The van der Waals surface area contributed by atoms with E-state index in [1.165, 1.54) is 17.0 Å². The van der Waals surface area contributed by atoms with Crippen molar-refractivity contribution >= 4 is 11.6 Å². The molecule has 1 aromatic carbocycles. The molecule has 17 heavy (non-hydrogen) atoms. The van der Waals surface area contributed by atoms with E-state index in [0.717, 1.165) is 25.8 Å². The van der Waals surface area contributed by atoms with Gasteiger partial charge in [0.1, 0.15) is 5.82 Å². The maximum absolute atomic E-state index is 13.1. The predicted octanol–water partition coefficient (Wildman–Crippen LogP) is 1.93. The van der Waals surface area contributed by atoms with Crippen molar-refractivity contribution in [3.05, 3.63) is 30.1 Å². The third kappa shape index (κ3) is 2.82. The molecule has 1 heterocycles. The summed E-state index contributed by atoms with van der Waals surface area (Å²) in [5.74, 6) is -0.311. The molecule has 2 rings (SSSR count). The van der Waals surface area contributed by atoms with Crippen molar-refractivity contribution in [2.24, 2.45) is 0 Å². The van der Waals surface area contributed by atoms with Crippen molar-refractivity contribution in [2.45, 2.75) is 25.3 Å². The number of likely N-dealkylation sites (N-methyl/N-ethyl adjacent to an activating group) is 1. The van der Waals surface area contributed by atoms with E-state index in [0.29, 0.717) is 5.69 Å². The van der Waals surface area contributed by atoms with E-state index in [2.05, 4.69) is 5.32 Å². The van der Waals surface area contributed by atoms with Gasteiger partial charge in [0.25, 0.3) is 0 Å². The van der Waals surface area contributed by atoms with Crippen LogP contribution in [0, 0.1) is 5.82 Å². The summed E-state index contributed by atoms with van der Waals surface area (Å²) in [7, 11) is 1.69. The monoisotopic (exact) mass is 236 g/mol. The van der Waals surface area contributed by atoms with Gasteiger partial charge in [0.05, 0.1) is 6.04 Å². The Balaban J connectivity index is 2.08. The molecule has 0 aliphatic carbocycles. The average Bonchev–Trinajstić information content (AvgIpc) is 2.38. The average molecular weight is 236 g/mol. The van der Waals surface area contributed by atoms with Crippen LogP contribution in [-0.2, 0) is 4.79 Å². The zero-order chi connectivity index (χ0) is 12.3.